The van der Waals surface area contributed by atoms with E-state index in [-0.39, 0.29) is 0 Å². The van der Waals surface area contributed by atoms with Crippen molar-refractivity contribution in [3.05, 3.63) is 36.8 Å². The standard InChI is InChI=1S/C13H14N4/c1-9(2)17-13(15-8-16-17)11-3-4-12-10(7-11)5-6-14-12/h3-9,14H,1-2H3. The second-order valence-corrected chi connectivity index (χ2v) is 4.40. The molecule has 0 amide bonds. The van der Waals surface area contributed by atoms with E-state index in [4.69, 9.17) is 0 Å². The summed E-state index contributed by atoms with van der Waals surface area (Å²) in [5.74, 6) is 0.920. The van der Waals surface area contributed by atoms with Crippen LogP contribution in [-0.2, 0) is 0 Å². The van der Waals surface area contributed by atoms with Gasteiger partial charge in [0.25, 0.3) is 0 Å². The van der Waals surface area contributed by atoms with Crippen molar-refractivity contribution in [1.82, 2.24) is 19.7 Å². The van der Waals surface area contributed by atoms with Crippen LogP contribution < -0.4 is 0 Å². The fourth-order valence-corrected chi connectivity index (χ4v) is 2.03. The first-order valence-corrected chi connectivity index (χ1v) is 5.73. The van der Waals surface area contributed by atoms with Crippen LogP contribution >= 0.6 is 0 Å². The Morgan fingerprint density at radius 1 is 1.24 bits per heavy atom. The third-order valence-electron chi connectivity index (χ3n) is 2.87. The smallest absolute Gasteiger partial charge is 0.158 e. The average Bonchev–Trinajstić information content (AvgIpc) is 2.96. The first-order chi connectivity index (χ1) is 8.25. The molecule has 0 aliphatic heterocycles. The number of nitrogens with zero attached hydrogens (tertiary/aromatic N) is 3. The van der Waals surface area contributed by atoms with Gasteiger partial charge in [0.05, 0.1) is 0 Å². The van der Waals surface area contributed by atoms with E-state index in [2.05, 4.69) is 53.2 Å². The van der Waals surface area contributed by atoms with Gasteiger partial charge in [-0.05, 0) is 38.1 Å². The molecular formula is C13H14N4. The number of aromatic amines is 1. The second kappa shape index (κ2) is 3.73. The van der Waals surface area contributed by atoms with Crippen LogP contribution in [0.1, 0.15) is 19.9 Å². The summed E-state index contributed by atoms with van der Waals surface area (Å²) in [6.07, 6.45) is 3.55. The molecule has 0 saturated carbocycles. The van der Waals surface area contributed by atoms with Crippen LogP contribution in [-0.4, -0.2) is 19.7 Å². The van der Waals surface area contributed by atoms with Crippen LogP contribution in [0.5, 0.6) is 0 Å². The summed E-state index contributed by atoms with van der Waals surface area (Å²) in [7, 11) is 0. The van der Waals surface area contributed by atoms with E-state index in [1.54, 1.807) is 6.33 Å². The molecule has 0 atom stereocenters. The van der Waals surface area contributed by atoms with Crippen LogP contribution in [0, 0.1) is 0 Å². The maximum atomic E-state index is 4.34. The van der Waals surface area contributed by atoms with E-state index < -0.39 is 0 Å². The molecule has 0 bridgehead atoms. The number of hydrogen-bond acceptors (Lipinski definition) is 2. The predicted octanol–water partition coefficient (Wildman–Crippen LogP) is 3.01. The Bertz CT molecular complexity index is 648. The zero-order valence-electron chi connectivity index (χ0n) is 9.88. The molecule has 3 aromatic rings. The normalized spacial score (nSPS) is 11.5. The third-order valence-corrected chi connectivity index (χ3v) is 2.87. The minimum absolute atomic E-state index is 0.314. The molecule has 1 aromatic carbocycles. The van der Waals surface area contributed by atoms with Crippen LogP contribution in [0.4, 0.5) is 0 Å². The molecule has 0 fully saturated rings. The molecule has 0 aliphatic rings. The van der Waals surface area contributed by atoms with E-state index >= 15 is 0 Å². The second-order valence-electron chi connectivity index (χ2n) is 4.40. The topological polar surface area (TPSA) is 46.5 Å². The SMILES string of the molecule is CC(C)n1ncnc1-c1ccc2[nH]ccc2c1. The number of rotatable bonds is 2. The molecule has 2 aromatic heterocycles. The number of fused-ring (bicyclic) bond motifs is 1. The summed E-state index contributed by atoms with van der Waals surface area (Å²) < 4.78 is 1.94. The van der Waals surface area contributed by atoms with Crippen molar-refractivity contribution in [2.24, 2.45) is 0 Å². The lowest BCUT2D eigenvalue weighted by Gasteiger charge is -2.09. The molecule has 0 saturated heterocycles. The van der Waals surface area contributed by atoms with Gasteiger partial charge in [-0.2, -0.15) is 5.10 Å². The van der Waals surface area contributed by atoms with E-state index in [0.29, 0.717) is 6.04 Å². The van der Waals surface area contributed by atoms with Crippen molar-refractivity contribution < 1.29 is 0 Å². The van der Waals surface area contributed by atoms with Gasteiger partial charge in [0.2, 0.25) is 0 Å². The van der Waals surface area contributed by atoms with Crippen LogP contribution in [0.15, 0.2) is 36.8 Å². The zero-order valence-corrected chi connectivity index (χ0v) is 9.88. The van der Waals surface area contributed by atoms with E-state index in [9.17, 15) is 0 Å². The molecule has 0 unspecified atom stereocenters. The Morgan fingerprint density at radius 3 is 2.94 bits per heavy atom. The van der Waals surface area contributed by atoms with Crippen molar-refractivity contribution in [2.75, 3.05) is 0 Å². The number of benzene rings is 1. The van der Waals surface area contributed by atoms with Gasteiger partial charge in [-0.1, -0.05) is 0 Å². The quantitative estimate of drug-likeness (QED) is 0.730. The van der Waals surface area contributed by atoms with E-state index in [1.165, 1.54) is 5.39 Å². The Labute approximate surface area is 99.3 Å². The summed E-state index contributed by atoms with van der Waals surface area (Å²) in [4.78, 5) is 7.53. The molecular weight excluding hydrogens is 212 g/mol. The highest BCUT2D eigenvalue weighted by molar-refractivity contribution is 5.83. The maximum Gasteiger partial charge on any atom is 0.158 e. The largest absolute Gasteiger partial charge is 0.361 e. The van der Waals surface area contributed by atoms with Gasteiger partial charge in [0.1, 0.15) is 6.33 Å². The van der Waals surface area contributed by atoms with Gasteiger partial charge in [0.15, 0.2) is 5.82 Å². The highest BCUT2D eigenvalue weighted by atomic mass is 15.3. The molecule has 86 valence electrons. The molecule has 3 rings (SSSR count). The first kappa shape index (κ1) is 10.1. The van der Waals surface area contributed by atoms with Gasteiger partial charge in [-0.15, -0.1) is 0 Å². The summed E-state index contributed by atoms with van der Waals surface area (Å²) in [5, 5.41) is 5.45. The molecule has 0 spiro atoms. The van der Waals surface area contributed by atoms with Gasteiger partial charge in [-0.3, -0.25) is 0 Å². The zero-order chi connectivity index (χ0) is 11.8. The minimum atomic E-state index is 0.314. The molecule has 4 nitrogen and oxygen atoms in total. The minimum Gasteiger partial charge on any atom is -0.361 e. The van der Waals surface area contributed by atoms with Crippen LogP contribution in [0.2, 0.25) is 0 Å². The van der Waals surface area contributed by atoms with Gasteiger partial charge in [-0.25, -0.2) is 9.67 Å². The first-order valence-electron chi connectivity index (χ1n) is 5.73. The molecule has 0 aliphatic carbocycles. The summed E-state index contributed by atoms with van der Waals surface area (Å²) in [5.41, 5.74) is 2.24. The summed E-state index contributed by atoms with van der Waals surface area (Å²) in [6, 6.07) is 8.66. The fraction of sp³-hybridized carbons (Fsp3) is 0.231. The van der Waals surface area contributed by atoms with Crippen molar-refractivity contribution in [1.29, 1.82) is 0 Å². The Balaban J connectivity index is 2.16. The van der Waals surface area contributed by atoms with Crippen molar-refractivity contribution in [3.63, 3.8) is 0 Å². The maximum absolute atomic E-state index is 4.34. The van der Waals surface area contributed by atoms with Crippen molar-refractivity contribution >= 4 is 10.9 Å². The lowest BCUT2D eigenvalue weighted by Crippen LogP contribution is -2.04. The third kappa shape index (κ3) is 1.62. The van der Waals surface area contributed by atoms with Gasteiger partial charge < -0.3 is 4.98 Å². The molecule has 4 heteroatoms. The Morgan fingerprint density at radius 2 is 2.12 bits per heavy atom. The Kier molecular flexibility index (Phi) is 2.21. The van der Waals surface area contributed by atoms with Crippen molar-refractivity contribution in [3.8, 4) is 11.4 Å². The number of aromatic nitrogens is 4. The number of nitrogens with one attached hydrogen (secondary N) is 1. The molecule has 1 N–H and O–H groups in total. The molecule has 0 radical (unpaired) electrons. The molecule has 17 heavy (non-hydrogen) atoms. The number of hydrogen-bond donors (Lipinski definition) is 1. The van der Waals surface area contributed by atoms with Crippen LogP contribution in [0.25, 0.3) is 22.3 Å². The fourth-order valence-electron chi connectivity index (χ4n) is 2.03. The number of H-pyrrole nitrogens is 1. The molecule has 2 heterocycles. The Hall–Kier alpha value is -2.10. The van der Waals surface area contributed by atoms with Crippen molar-refractivity contribution in [2.45, 2.75) is 19.9 Å². The lowest BCUT2D eigenvalue weighted by molar-refractivity contribution is 0.537. The predicted molar refractivity (Wildman–Crippen MR) is 67.7 cm³/mol. The van der Waals surface area contributed by atoms with E-state index in [1.807, 2.05) is 10.9 Å². The van der Waals surface area contributed by atoms with Crippen LogP contribution in [0.3, 0.4) is 0 Å². The average molecular weight is 226 g/mol. The summed E-state index contributed by atoms with van der Waals surface area (Å²) >= 11 is 0. The highest BCUT2D eigenvalue weighted by Crippen LogP contribution is 2.23. The lowest BCUT2D eigenvalue weighted by atomic mass is 10.1. The van der Waals surface area contributed by atoms with E-state index in [0.717, 1.165) is 16.9 Å². The monoisotopic (exact) mass is 226 g/mol. The highest BCUT2D eigenvalue weighted by Gasteiger charge is 2.10. The summed E-state index contributed by atoms with van der Waals surface area (Å²) in [6.45, 7) is 4.21. The van der Waals surface area contributed by atoms with Gasteiger partial charge in [0, 0.05) is 28.7 Å². The van der Waals surface area contributed by atoms with Gasteiger partial charge >= 0.3 is 0 Å².